The number of unbranched alkanes of at least 4 members (excludes halogenated alkanes) is 9. The quantitative estimate of drug-likeness (QED) is 0.360. The monoisotopic (exact) mass is 365 g/mol. The molecule has 0 bridgehead atoms. The molecule has 0 saturated carbocycles. The van der Waals surface area contributed by atoms with Crippen molar-refractivity contribution in [3.8, 4) is 0 Å². The van der Waals surface area contributed by atoms with Gasteiger partial charge in [0.1, 0.15) is 0 Å². The summed E-state index contributed by atoms with van der Waals surface area (Å²) in [7, 11) is 1.76. The SMILES string of the molecule is CCCCCCCCCCCCN1CC(CS(=O)(=O)Cl)CC1=O. The van der Waals surface area contributed by atoms with Crippen LogP contribution in [0.3, 0.4) is 0 Å². The molecule has 23 heavy (non-hydrogen) atoms. The molecule has 1 fully saturated rings. The van der Waals surface area contributed by atoms with Crippen molar-refractivity contribution in [1.29, 1.82) is 0 Å². The van der Waals surface area contributed by atoms with Gasteiger partial charge in [0.25, 0.3) is 0 Å². The third-order valence-electron chi connectivity index (χ3n) is 4.51. The van der Waals surface area contributed by atoms with Gasteiger partial charge in [-0.15, -0.1) is 0 Å². The lowest BCUT2D eigenvalue weighted by molar-refractivity contribution is -0.127. The Labute approximate surface area is 146 Å². The van der Waals surface area contributed by atoms with E-state index in [1.165, 1.54) is 51.4 Å². The Hall–Kier alpha value is -0.290. The van der Waals surface area contributed by atoms with E-state index >= 15 is 0 Å². The van der Waals surface area contributed by atoms with Gasteiger partial charge in [-0.25, -0.2) is 8.42 Å². The number of hydrogen-bond acceptors (Lipinski definition) is 3. The van der Waals surface area contributed by atoms with Crippen molar-refractivity contribution in [2.24, 2.45) is 5.92 Å². The molecular formula is C17H32ClNO3S. The van der Waals surface area contributed by atoms with E-state index in [1.807, 2.05) is 0 Å². The fraction of sp³-hybridized carbons (Fsp3) is 0.941. The van der Waals surface area contributed by atoms with Crippen molar-refractivity contribution < 1.29 is 13.2 Å². The molecule has 0 aromatic rings. The van der Waals surface area contributed by atoms with Crippen LogP contribution in [-0.4, -0.2) is 38.1 Å². The van der Waals surface area contributed by atoms with Crippen molar-refractivity contribution in [3.05, 3.63) is 0 Å². The largest absolute Gasteiger partial charge is 0.342 e. The van der Waals surface area contributed by atoms with E-state index in [1.54, 1.807) is 4.90 Å². The highest BCUT2D eigenvalue weighted by atomic mass is 35.7. The zero-order valence-corrected chi connectivity index (χ0v) is 16.0. The smallest absolute Gasteiger partial charge is 0.232 e. The van der Waals surface area contributed by atoms with E-state index in [4.69, 9.17) is 10.7 Å². The molecule has 4 nitrogen and oxygen atoms in total. The molecule has 0 radical (unpaired) electrons. The lowest BCUT2D eigenvalue weighted by Crippen LogP contribution is -2.27. The number of amides is 1. The van der Waals surface area contributed by atoms with Gasteiger partial charge < -0.3 is 4.90 Å². The molecule has 1 heterocycles. The molecule has 0 aromatic heterocycles. The Morgan fingerprint density at radius 3 is 2.04 bits per heavy atom. The number of carbonyl (C=O) groups excluding carboxylic acids is 1. The molecule has 1 aliphatic heterocycles. The first-order chi connectivity index (χ1) is 10.9. The normalized spacial score (nSPS) is 18.8. The average Bonchev–Trinajstić information content (AvgIpc) is 2.78. The van der Waals surface area contributed by atoms with E-state index in [2.05, 4.69) is 6.92 Å². The Kier molecular flexibility index (Phi) is 10.2. The molecular weight excluding hydrogens is 334 g/mol. The van der Waals surface area contributed by atoms with Crippen molar-refractivity contribution in [2.45, 2.75) is 77.6 Å². The minimum absolute atomic E-state index is 0.0752. The molecule has 1 atom stereocenters. The lowest BCUT2D eigenvalue weighted by atomic mass is 10.1. The summed E-state index contributed by atoms with van der Waals surface area (Å²) in [5, 5.41) is 0. The molecule has 0 spiro atoms. The predicted molar refractivity (Wildman–Crippen MR) is 96.2 cm³/mol. The van der Waals surface area contributed by atoms with Crippen LogP contribution in [0.5, 0.6) is 0 Å². The van der Waals surface area contributed by atoms with Crippen LogP contribution >= 0.6 is 10.7 Å². The van der Waals surface area contributed by atoms with Gasteiger partial charge in [-0.2, -0.15) is 0 Å². The van der Waals surface area contributed by atoms with Gasteiger partial charge in [0.05, 0.1) is 5.75 Å². The number of nitrogens with zero attached hydrogens (tertiary/aromatic N) is 1. The van der Waals surface area contributed by atoms with E-state index in [0.717, 1.165) is 19.4 Å². The summed E-state index contributed by atoms with van der Waals surface area (Å²) in [6.45, 7) is 3.54. The van der Waals surface area contributed by atoms with Gasteiger partial charge in [0.15, 0.2) is 0 Å². The highest BCUT2D eigenvalue weighted by Crippen LogP contribution is 2.21. The van der Waals surface area contributed by atoms with Crippen LogP contribution in [0, 0.1) is 5.92 Å². The topological polar surface area (TPSA) is 54.5 Å². The summed E-state index contributed by atoms with van der Waals surface area (Å²) in [6, 6.07) is 0. The third-order valence-corrected chi connectivity index (χ3v) is 5.76. The van der Waals surface area contributed by atoms with Gasteiger partial charge in [0, 0.05) is 36.1 Å². The van der Waals surface area contributed by atoms with Gasteiger partial charge in [0.2, 0.25) is 15.0 Å². The summed E-state index contributed by atoms with van der Waals surface area (Å²) in [4.78, 5) is 13.7. The zero-order chi connectivity index (χ0) is 17.1. The molecule has 1 saturated heterocycles. The van der Waals surface area contributed by atoms with Crippen LogP contribution in [0.2, 0.25) is 0 Å². The molecule has 0 aliphatic carbocycles. The Bertz CT molecular complexity index is 439. The summed E-state index contributed by atoms with van der Waals surface area (Å²) in [5.41, 5.74) is 0. The highest BCUT2D eigenvalue weighted by Gasteiger charge is 2.31. The molecule has 1 amide bonds. The minimum atomic E-state index is -3.51. The molecule has 1 unspecified atom stereocenters. The lowest BCUT2D eigenvalue weighted by Gasteiger charge is -2.16. The first-order valence-electron chi connectivity index (χ1n) is 9.12. The van der Waals surface area contributed by atoms with Crippen molar-refractivity contribution in [1.82, 2.24) is 4.90 Å². The van der Waals surface area contributed by atoms with Crippen LogP contribution in [0.25, 0.3) is 0 Å². The van der Waals surface area contributed by atoms with Gasteiger partial charge >= 0.3 is 0 Å². The van der Waals surface area contributed by atoms with Crippen LogP contribution < -0.4 is 0 Å². The zero-order valence-electron chi connectivity index (χ0n) is 14.4. The van der Waals surface area contributed by atoms with Crippen LogP contribution in [0.1, 0.15) is 77.6 Å². The Morgan fingerprint density at radius 1 is 1.00 bits per heavy atom. The van der Waals surface area contributed by atoms with E-state index in [-0.39, 0.29) is 17.6 Å². The maximum Gasteiger partial charge on any atom is 0.232 e. The number of likely N-dealkylation sites (tertiary alicyclic amines) is 1. The Balaban J connectivity index is 2.00. The fourth-order valence-electron chi connectivity index (χ4n) is 3.25. The van der Waals surface area contributed by atoms with Gasteiger partial charge in [-0.1, -0.05) is 64.7 Å². The molecule has 6 heteroatoms. The Morgan fingerprint density at radius 2 is 1.52 bits per heavy atom. The summed E-state index contributed by atoms with van der Waals surface area (Å²) in [6.07, 6.45) is 13.1. The maximum atomic E-state index is 11.8. The first-order valence-corrected chi connectivity index (χ1v) is 11.6. The molecule has 136 valence electrons. The van der Waals surface area contributed by atoms with E-state index in [0.29, 0.717) is 13.0 Å². The van der Waals surface area contributed by atoms with Crippen LogP contribution in [-0.2, 0) is 13.8 Å². The standard InChI is InChI=1S/C17H32ClNO3S/c1-2-3-4-5-6-7-8-9-10-11-12-19-14-16(13-17(19)20)15-23(18,21)22/h16H,2-15H2,1H3. The second kappa shape index (κ2) is 11.3. The number of carbonyl (C=O) groups is 1. The molecule has 1 rings (SSSR count). The second-order valence-electron chi connectivity index (χ2n) is 6.80. The van der Waals surface area contributed by atoms with Crippen LogP contribution in [0.4, 0.5) is 0 Å². The van der Waals surface area contributed by atoms with Gasteiger partial charge in [-0.05, 0) is 6.42 Å². The molecule has 0 N–H and O–H groups in total. The third kappa shape index (κ3) is 10.2. The maximum absolute atomic E-state index is 11.8. The van der Waals surface area contributed by atoms with E-state index < -0.39 is 9.05 Å². The number of hydrogen-bond donors (Lipinski definition) is 0. The average molecular weight is 366 g/mol. The second-order valence-corrected chi connectivity index (χ2v) is 9.62. The summed E-state index contributed by atoms with van der Waals surface area (Å²) in [5.74, 6) is -0.145. The van der Waals surface area contributed by atoms with Crippen molar-refractivity contribution in [2.75, 3.05) is 18.8 Å². The molecule has 0 aromatic carbocycles. The van der Waals surface area contributed by atoms with E-state index in [9.17, 15) is 13.2 Å². The number of halogens is 1. The van der Waals surface area contributed by atoms with Crippen molar-refractivity contribution >= 4 is 25.6 Å². The van der Waals surface area contributed by atoms with Crippen molar-refractivity contribution in [3.63, 3.8) is 0 Å². The molecule has 1 aliphatic rings. The summed E-state index contributed by atoms with van der Waals surface area (Å²) >= 11 is 0. The van der Waals surface area contributed by atoms with Gasteiger partial charge in [-0.3, -0.25) is 4.79 Å². The fourth-order valence-corrected chi connectivity index (χ4v) is 4.57. The highest BCUT2D eigenvalue weighted by molar-refractivity contribution is 8.13. The predicted octanol–water partition coefficient (Wildman–Crippen LogP) is 4.32. The summed E-state index contributed by atoms with van der Waals surface area (Å²) < 4.78 is 22.2. The van der Waals surface area contributed by atoms with Crippen LogP contribution in [0.15, 0.2) is 0 Å². The minimum Gasteiger partial charge on any atom is -0.342 e. The first kappa shape index (κ1) is 20.8. The number of rotatable bonds is 13.